The van der Waals surface area contributed by atoms with Gasteiger partial charge in [-0.05, 0) is 42.0 Å². The van der Waals surface area contributed by atoms with Crippen molar-refractivity contribution in [3.8, 4) is 12.0 Å². The minimum absolute atomic E-state index is 0. The highest BCUT2D eigenvalue weighted by molar-refractivity contribution is 7.93. The van der Waals surface area contributed by atoms with Crippen LogP contribution in [0.15, 0.2) is 46.5 Å². The van der Waals surface area contributed by atoms with Crippen LogP contribution in [-0.2, 0) is 26.2 Å². The van der Waals surface area contributed by atoms with Gasteiger partial charge in [0, 0.05) is 16.9 Å². The van der Waals surface area contributed by atoms with E-state index in [1.165, 1.54) is 11.2 Å². The van der Waals surface area contributed by atoms with Crippen molar-refractivity contribution in [1.29, 1.82) is 0 Å². The molecule has 0 unspecified atom stereocenters. The third-order valence-corrected chi connectivity index (χ3v) is 12.3. The summed E-state index contributed by atoms with van der Waals surface area (Å²) in [4.78, 5) is 26.4. The zero-order valence-corrected chi connectivity index (χ0v) is 26.1. The summed E-state index contributed by atoms with van der Waals surface area (Å²) in [5, 5.41) is 33.0. The Morgan fingerprint density at radius 3 is 2.45 bits per heavy atom. The molecule has 0 saturated carbocycles. The number of piperazine rings is 3. The number of carbonyl (C=O) groups is 2. The fourth-order valence-electron chi connectivity index (χ4n) is 8.22. The predicted molar refractivity (Wildman–Crippen MR) is 154 cm³/mol. The maximum Gasteiger partial charge on any atom is 0.265 e. The molecule has 6 heterocycles. The van der Waals surface area contributed by atoms with Crippen molar-refractivity contribution >= 4 is 38.4 Å². The molecule has 4 saturated heterocycles. The molecule has 0 radical (unpaired) electrons. The maximum atomic E-state index is 14.2. The van der Waals surface area contributed by atoms with Gasteiger partial charge in [-0.1, -0.05) is 19.1 Å². The number of carboxylic acid groups (broad SMARTS) is 1. The largest absolute Gasteiger partial charge is 1.00 e. The SMILES string of the molecule is C[C@@H](O)[C@H]1C(=O)N2C(C(=O)[O-])=C(CN3c4cccc5cc(C[N+]67CC[N+](C#CCO)(CC6)CC7)cc(c45)S3(=O)=O)[C@H](C)[C@H]12.[Cl-]. The first kappa shape index (κ1) is 30.8. The molecule has 44 heavy (non-hydrogen) atoms. The maximum absolute atomic E-state index is 14.2. The van der Waals surface area contributed by atoms with Gasteiger partial charge in [0.2, 0.25) is 5.91 Å². The molecule has 2 aromatic rings. The first-order chi connectivity index (χ1) is 20.4. The van der Waals surface area contributed by atoms with Crippen molar-refractivity contribution in [2.24, 2.45) is 11.8 Å². The lowest BCUT2D eigenvalue weighted by atomic mass is 9.78. The average Bonchev–Trinajstić information content (AvgIpc) is 3.34. The number of aliphatic hydroxyl groups is 2. The lowest BCUT2D eigenvalue weighted by Crippen LogP contribution is -3.00. The van der Waals surface area contributed by atoms with Gasteiger partial charge in [-0.3, -0.25) is 9.10 Å². The Labute approximate surface area is 262 Å². The smallest absolute Gasteiger partial charge is 0.265 e. The second kappa shape index (κ2) is 10.4. The fraction of sp³-hybridized carbons (Fsp3) is 0.484. The number of carboxylic acids is 1. The van der Waals surface area contributed by atoms with E-state index in [2.05, 4.69) is 18.0 Å². The third kappa shape index (κ3) is 4.29. The molecule has 2 bridgehead atoms. The summed E-state index contributed by atoms with van der Waals surface area (Å²) >= 11 is 0. The molecule has 6 aliphatic rings. The molecule has 11 nitrogen and oxygen atoms in total. The monoisotopic (exact) mass is 642 g/mol. The zero-order valence-electron chi connectivity index (χ0n) is 24.6. The molecule has 0 aliphatic carbocycles. The van der Waals surface area contributed by atoms with Gasteiger partial charge in [-0.2, -0.15) is 0 Å². The second-order valence-corrected chi connectivity index (χ2v) is 14.7. The molecular formula is C31H35ClN4O7S. The Morgan fingerprint density at radius 1 is 1.16 bits per heavy atom. The number of rotatable bonds is 6. The number of β-lactam (4-membered cyclic amide) rings is 1. The number of sulfonamides is 1. The Hall–Kier alpha value is -3.18. The van der Waals surface area contributed by atoms with Gasteiger partial charge in [0.15, 0.2) is 0 Å². The van der Waals surface area contributed by atoms with Crippen molar-refractivity contribution in [2.75, 3.05) is 56.7 Å². The third-order valence-electron chi connectivity index (χ3n) is 10.6. The van der Waals surface area contributed by atoms with Gasteiger partial charge < -0.3 is 41.9 Å². The second-order valence-electron chi connectivity index (χ2n) is 12.8. The Balaban J connectivity index is 0.00000343. The minimum atomic E-state index is -4.04. The van der Waals surface area contributed by atoms with Crippen molar-refractivity contribution in [3.05, 3.63) is 47.2 Å². The predicted octanol–water partition coefficient (Wildman–Crippen LogP) is -3.67. The molecular weight excluding hydrogens is 608 g/mol. The normalized spacial score (nSPS) is 31.7. The molecule has 8 rings (SSSR count). The molecule has 6 aliphatic heterocycles. The van der Waals surface area contributed by atoms with E-state index in [1.807, 2.05) is 12.1 Å². The minimum Gasteiger partial charge on any atom is -1.00 e. The van der Waals surface area contributed by atoms with Gasteiger partial charge in [0.05, 0.1) is 46.9 Å². The van der Waals surface area contributed by atoms with E-state index in [0.29, 0.717) is 27.7 Å². The highest BCUT2D eigenvalue weighted by atomic mass is 35.5. The number of aliphatic hydroxyl groups excluding tert-OH is 2. The van der Waals surface area contributed by atoms with E-state index < -0.39 is 45.9 Å². The molecule has 0 aromatic heterocycles. The Morgan fingerprint density at radius 2 is 1.84 bits per heavy atom. The van der Waals surface area contributed by atoms with Crippen LogP contribution in [0, 0.1) is 23.8 Å². The number of hydrogen-bond donors (Lipinski definition) is 2. The number of benzene rings is 2. The summed E-state index contributed by atoms with van der Waals surface area (Å²) < 4.78 is 31.2. The summed E-state index contributed by atoms with van der Waals surface area (Å²) in [6.07, 6.45) is -0.958. The molecule has 0 spiro atoms. The molecule has 13 heteroatoms. The molecule has 4 atom stereocenters. The van der Waals surface area contributed by atoms with E-state index in [-0.39, 0.29) is 36.2 Å². The van der Waals surface area contributed by atoms with Crippen LogP contribution in [0.5, 0.6) is 0 Å². The van der Waals surface area contributed by atoms with E-state index in [0.717, 1.165) is 59.6 Å². The molecule has 1 amide bonds. The highest BCUT2D eigenvalue weighted by Gasteiger charge is 2.59. The van der Waals surface area contributed by atoms with E-state index in [9.17, 15) is 28.2 Å². The Kier molecular flexibility index (Phi) is 7.31. The number of anilines is 1. The van der Waals surface area contributed by atoms with Crippen LogP contribution in [0.25, 0.3) is 10.8 Å². The average molecular weight is 643 g/mol. The van der Waals surface area contributed by atoms with Crippen molar-refractivity contribution in [2.45, 2.75) is 37.4 Å². The van der Waals surface area contributed by atoms with Gasteiger partial charge in [-0.25, -0.2) is 12.9 Å². The van der Waals surface area contributed by atoms with Gasteiger partial charge >= 0.3 is 0 Å². The molecule has 2 N–H and O–H groups in total. The number of halogens is 1. The molecule has 234 valence electrons. The van der Waals surface area contributed by atoms with Crippen LogP contribution < -0.4 is 21.8 Å². The summed E-state index contributed by atoms with van der Waals surface area (Å²) in [7, 11) is -4.04. The topological polar surface area (TPSA) is 138 Å². The summed E-state index contributed by atoms with van der Waals surface area (Å²) in [5.74, 6) is -0.399. The summed E-state index contributed by atoms with van der Waals surface area (Å²) in [6, 6.07) is 12.0. The first-order valence-corrected chi connectivity index (χ1v) is 16.2. The summed E-state index contributed by atoms with van der Waals surface area (Å²) in [5.41, 5.74) is 1.44. The lowest BCUT2D eigenvalue weighted by Gasteiger charge is -2.52. The van der Waals surface area contributed by atoms with Crippen LogP contribution in [0.2, 0.25) is 0 Å². The van der Waals surface area contributed by atoms with Gasteiger partial charge in [-0.15, -0.1) is 0 Å². The van der Waals surface area contributed by atoms with Crippen molar-refractivity contribution in [1.82, 2.24) is 4.90 Å². The number of fused-ring (bicyclic) bond motifs is 4. The fourth-order valence-corrected chi connectivity index (χ4v) is 9.96. The van der Waals surface area contributed by atoms with Crippen LogP contribution in [0.4, 0.5) is 5.69 Å². The van der Waals surface area contributed by atoms with Crippen LogP contribution in [0.1, 0.15) is 19.4 Å². The van der Waals surface area contributed by atoms with Gasteiger partial charge in [0.25, 0.3) is 10.0 Å². The van der Waals surface area contributed by atoms with Crippen LogP contribution in [0.3, 0.4) is 0 Å². The standard InChI is InChI=1S/C31H35N4O7S.ClH/c1-19-23(29(31(39)40)33-28(19)26(20(2)37)30(33)38)17-32-24-6-3-5-22-15-21(16-25(27(22)24)43(32,41)42)18-35-11-8-34(9-12-35,10-13-35)7-4-14-36;/h3,5-6,15-16,19-20,26,28,36-37H,8-14,17-18H2,1-2H3;1H/q+1;/p-1/t19-,20+,26+,28+,34?,35?;/m0./s1. The van der Waals surface area contributed by atoms with E-state index in [4.69, 9.17) is 5.11 Å². The van der Waals surface area contributed by atoms with Crippen molar-refractivity contribution < 1.29 is 54.7 Å². The highest BCUT2D eigenvalue weighted by Crippen LogP contribution is 2.49. The molecule has 2 aromatic carbocycles. The quantitative estimate of drug-likeness (QED) is 0.188. The number of carbonyl (C=O) groups excluding carboxylic acids is 2. The Bertz CT molecular complexity index is 1770. The van der Waals surface area contributed by atoms with Crippen LogP contribution >= 0.6 is 0 Å². The lowest BCUT2D eigenvalue weighted by molar-refractivity contribution is -1.06. The number of quaternary nitrogens is 2. The number of hydrogen-bond acceptors (Lipinski definition) is 7. The summed E-state index contributed by atoms with van der Waals surface area (Å²) in [6.45, 7) is 9.07. The zero-order chi connectivity index (χ0) is 30.5. The van der Waals surface area contributed by atoms with E-state index >= 15 is 0 Å². The molecule has 4 fully saturated rings. The van der Waals surface area contributed by atoms with Gasteiger partial charge in [0.1, 0.15) is 58.5 Å². The first-order valence-electron chi connectivity index (χ1n) is 14.8. The number of aliphatic carboxylic acids is 1. The van der Waals surface area contributed by atoms with Crippen LogP contribution in [-0.4, -0.2) is 109 Å². The number of nitrogens with zero attached hydrogens (tertiary/aromatic N) is 4. The van der Waals surface area contributed by atoms with Crippen molar-refractivity contribution in [3.63, 3.8) is 0 Å². The van der Waals surface area contributed by atoms with E-state index in [1.54, 1.807) is 19.1 Å². The number of amides is 1.